The number of nitrogens with zero attached hydrogens (tertiary/aromatic N) is 2. The summed E-state index contributed by atoms with van der Waals surface area (Å²) in [5, 5.41) is 1.36. The largest absolute Gasteiger partial charge is 0.354 e. The molecule has 3 nitrogen and oxygen atoms in total. The Balaban J connectivity index is 1.56. The van der Waals surface area contributed by atoms with Crippen LogP contribution in [-0.2, 0) is 0 Å². The fraction of sp³-hybridized carbons (Fsp3) is 0.435. The van der Waals surface area contributed by atoms with E-state index in [1.807, 2.05) is 12.4 Å². The SMILES string of the molecule is CCCCN1CCC(c2ccc3[nH]c(-c4ccncc4)c(C)c3c2)CC1. The monoisotopic (exact) mass is 347 g/mol. The molecule has 0 unspecified atom stereocenters. The number of hydrogen-bond acceptors (Lipinski definition) is 2. The maximum Gasteiger partial charge on any atom is 0.0495 e. The van der Waals surface area contributed by atoms with Crippen molar-refractivity contribution in [3.8, 4) is 11.3 Å². The lowest BCUT2D eigenvalue weighted by Gasteiger charge is -2.32. The van der Waals surface area contributed by atoms with Gasteiger partial charge in [-0.1, -0.05) is 19.4 Å². The minimum absolute atomic E-state index is 0.705. The summed E-state index contributed by atoms with van der Waals surface area (Å²) in [6.07, 6.45) is 8.92. The second-order valence-corrected chi connectivity index (χ2v) is 7.64. The van der Waals surface area contributed by atoms with Crippen LogP contribution in [0.3, 0.4) is 0 Å². The Kier molecular flexibility index (Phi) is 5.07. The number of rotatable bonds is 5. The lowest BCUT2D eigenvalue weighted by atomic mass is 9.88. The van der Waals surface area contributed by atoms with Crippen molar-refractivity contribution in [1.82, 2.24) is 14.9 Å². The van der Waals surface area contributed by atoms with Gasteiger partial charge in [-0.25, -0.2) is 0 Å². The van der Waals surface area contributed by atoms with Gasteiger partial charge in [-0.3, -0.25) is 4.98 Å². The molecule has 26 heavy (non-hydrogen) atoms. The van der Waals surface area contributed by atoms with Crippen LogP contribution in [-0.4, -0.2) is 34.5 Å². The third kappa shape index (κ3) is 3.41. The van der Waals surface area contributed by atoms with E-state index in [4.69, 9.17) is 0 Å². The quantitative estimate of drug-likeness (QED) is 0.659. The number of unbranched alkanes of at least 4 members (excludes halogenated alkanes) is 1. The van der Waals surface area contributed by atoms with Gasteiger partial charge < -0.3 is 9.88 Å². The third-order valence-corrected chi connectivity index (χ3v) is 5.94. The molecule has 0 bridgehead atoms. The summed E-state index contributed by atoms with van der Waals surface area (Å²) in [7, 11) is 0. The smallest absolute Gasteiger partial charge is 0.0495 e. The van der Waals surface area contributed by atoms with Crippen LogP contribution in [0.2, 0.25) is 0 Å². The second kappa shape index (κ2) is 7.63. The summed E-state index contributed by atoms with van der Waals surface area (Å²) in [5.41, 5.74) is 6.51. The fourth-order valence-electron chi connectivity index (χ4n) is 4.28. The first-order valence-corrected chi connectivity index (χ1v) is 10.0. The van der Waals surface area contributed by atoms with E-state index >= 15 is 0 Å². The molecule has 3 aromatic rings. The maximum absolute atomic E-state index is 4.14. The van der Waals surface area contributed by atoms with Crippen LogP contribution in [0.1, 0.15) is 49.7 Å². The molecule has 0 amide bonds. The molecule has 0 saturated carbocycles. The van der Waals surface area contributed by atoms with Crippen molar-refractivity contribution in [1.29, 1.82) is 0 Å². The molecule has 0 radical (unpaired) electrons. The van der Waals surface area contributed by atoms with Gasteiger partial charge in [-0.15, -0.1) is 0 Å². The highest BCUT2D eigenvalue weighted by atomic mass is 15.1. The molecule has 0 atom stereocenters. The summed E-state index contributed by atoms with van der Waals surface area (Å²) in [5.74, 6) is 0.705. The van der Waals surface area contributed by atoms with Gasteiger partial charge in [0.1, 0.15) is 0 Å². The van der Waals surface area contributed by atoms with Gasteiger partial charge in [0.2, 0.25) is 0 Å². The Morgan fingerprint density at radius 1 is 1.12 bits per heavy atom. The van der Waals surface area contributed by atoms with E-state index in [1.165, 1.54) is 78.6 Å². The normalized spacial score (nSPS) is 16.4. The van der Waals surface area contributed by atoms with Gasteiger partial charge in [0.05, 0.1) is 0 Å². The number of aromatic amines is 1. The summed E-state index contributed by atoms with van der Waals surface area (Å²) in [6, 6.07) is 11.2. The first-order chi connectivity index (χ1) is 12.8. The number of likely N-dealkylation sites (tertiary alicyclic amines) is 1. The molecule has 1 saturated heterocycles. The van der Waals surface area contributed by atoms with Gasteiger partial charge in [-0.2, -0.15) is 0 Å². The number of aromatic nitrogens is 2. The molecule has 3 heterocycles. The second-order valence-electron chi connectivity index (χ2n) is 7.64. The van der Waals surface area contributed by atoms with Crippen LogP contribution < -0.4 is 0 Å². The lowest BCUT2D eigenvalue weighted by molar-refractivity contribution is 0.210. The highest BCUT2D eigenvalue weighted by Gasteiger charge is 2.21. The first kappa shape index (κ1) is 17.3. The molecule has 0 aliphatic carbocycles. The van der Waals surface area contributed by atoms with Crippen LogP contribution in [0.25, 0.3) is 22.2 Å². The first-order valence-electron chi connectivity index (χ1n) is 10.0. The van der Waals surface area contributed by atoms with Crippen molar-refractivity contribution in [2.75, 3.05) is 19.6 Å². The van der Waals surface area contributed by atoms with E-state index in [-0.39, 0.29) is 0 Å². The van der Waals surface area contributed by atoms with Crippen molar-refractivity contribution < 1.29 is 0 Å². The van der Waals surface area contributed by atoms with Crippen LogP contribution in [0.5, 0.6) is 0 Å². The van der Waals surface area contributed by atoms with Crippen molar-refractivity contribution >= 4 is 10.9 Å². The van der Waals surface area contributed by atoms with Gasteiger partial charge in [0.15, 0.2) is 0 Å². The van der Waals surface area contributed by atoms with E-state index in [2.05, 4.69) is 59.0 Å². The number of nitrogens with one attached hydrogen (secondary N) is 1. The van der Waals surface area contributed by atoms with E-state index in [9.17, 15) is 0 Å². The summed E-state index contributed by atoms with van der Waals surface area (Å²) in [6.45, 7) is 8.27. The summed E-state index contributed by atoms with van der Waals surface area (Å²) >= 11 is 0. The molecule has 1 aliphatic rings. The zero-order valence-corrected chi connectivity index (χ0v) is 16.0. The Morgan fingerprint density at radius 3 is 2.62 bits per heavy atom. The van der Waals surface area contributed by atoms with Crippen LogP contribution >= 0.6 is 0 Å². The van der Waals surface area contributed by atoms with Gasteiger partial charge >= 0.3 is 0 Å². The van der Waals surface area contributed by atoms with Crippen molar-refractivity contribution in [3.63, 3.8) is 0 Å². The van der Waals surface area contributed by atoms with Crippen molar-refractivity contribution in [2.24, 2.45) is 0 Å². The van der Waals surface area contributed by atoms with Gasteiger partial charge in [-0.05, 0) is 87.1 Å². The average molecular weight is 348 g/mol. The molecule has 2 aromatic heterocycles. The Bertz CT molecular complexity index is 858. The standard InChI is InChI=1S/C23H29N3/c1-3-4-13-26-14-9-18(10-15-26)20-5-6-22-21(16-20)17(2)23(25-22)19-7-11-24-12-8-19/h5-8,11-12,16,18,25H,3-4,9-10,13-15H2,1-2H3. The minimum Gasteiger partial charge on any atom is -0.354 e. The molecule has 0 spiro atoms. The summed E-state index contributed by atoms with van der Waals surface area (Å²) < 4.78 is 0. The third-order valence-electron chi connectivity index (χ3n) is 5.94. The molecule has 1 aromatic carbocycles. The van der Waals surface area contributed by atoms with Crippen LogP contribution in [0.15, 0.2) is 42.7 Å². The van der Waals surface area contributed by atoms with E-state index < -0.39 is 0 Å². The molecule has 1 aliphatic heterocycles. The van der Waals surface area contributed by atoms with Crippen molar-refractivity contribution in [3.05, 3.63) is 53.9 Å². The summed E-state index contributed by atoms with van der Waals surface area (Å²) in [4.78, 5) is 10.4. The Morgan fingerprint density at radius 2 is 1.88 bits per heavy atom. The lowest BCUT2D eigenvalue weighted by Crippen LogP contribution is -2.33. The Labute approximate surface area is 156 Å². The molecule has 1 N–H and O–H groups in total. The van der Waals surface area contributed by atoms with Crippen LogP contribution in [0, 0.1) is 6.92 Å². The van der Waals surface area contributed by atoms with E-state index in [0.29, 0.717) is 5.92 Å². The number of benzene rings is 1. The number of pyridine rings is 1. The number of piperidine rings is 1. The van der Waals surface area contributed by atoms with Gasteiger partial charge in [0.25, 0.3) is 0 Å². The molecule has 136 valence electrons. The highest BCUT2D eigenvalue weighted by molar-refractivity contribution is 5.91. The molecule has 4 rings (SSSR count). The van der Waals surface area contributed by atoms with E-state index in [0.717, 1.165) is 0 Å². The maximum atomic E-state index is 4.14. The highest BCUT2D eigenvalue weighted by Crippen LogP contribution is 2.34. The number of fused-ring (bicyclic) bond motifs is 1. The van der Waals surface area contributed by atoms with Gasteiger partial charge in [0, 0.05) is 34.6 Å². The van der Waals surface area contributed by atoms with Crippen LogP contribution in [0.4, 0.5) is 0 Å². The zero-order valence-electron chi connectivity index (χ0n) is 16.0. The fourth-order valence-corrected chi connectivity index (χ4v) is 4.28. The molecule has 1 fully saturated rings. The minimum atomic E-state index is 0.705. The molecular formula is C23H29N3. The molecule has 3 heteroatoms. The average Bonchev–Trinajstić information content (AvgIpc) is 3.03. The predicted molar refractivity (Wildman–Crippen MR) is 110 cm³/mol. The van der Waals surface area contributed by atoms with Crippen molar-refractivity contribution in [2.45, 2.75) is 45.4 Å². The number of H-pyrrole nitrogens is 1. The van der Waals surface area contributed by atoms with E-state index in [1.54, 1.807) is 0 Å². The number of hydrogen-bond donors (Lipinski definition) is 1. The zero-order chi connectivity index (χ0) is 17.9. The topological polar surface area (TPSA) is 31.9 Å². The predicted octanol–water partition coefficient (Wildman–Crippen LogP) is 5.52. The molecular weight excluding hydrogens is 318 g/mol. The Hall–Kier alpha value is -2.13. The number of aryl methyl sites for hydroxylation is 1.